The smallest absolute Gasteiger partial charge is 0.137 e. The second kappa shape index (κ2) is 5.71. The van der Waals surface area contributed by atoms with E-state index in [0.717, 1.165) is 11.3 Å². The lowest BCUT2D eigenvalue weighted by Gasteiger charge is -2.33. The topological polar surface area (TPSA) is 63.8 Å². The molecule has 0 aliphatic rings. The van der Waals surface area contributed by atoms with Crippen LogP contribution < -0.4 is 0 Å². The number of aromatic nitrogens is 4. The lowest BCUT2D eigenvalue weighted by atomic mass is 9.83. The second-order valence-electron chi connectivity index (χ2n) is 6.27. The lowest BCUT2D eigenvalue weighted by molar-refractivity contribution is 0.0124. The van der Waals surface area contributed by atoms with Gasteiger partial charge in [0.05, 0.1) is 12.1 Å². The van der Waals surface area contributed by atoms with Crippen LogP contribution in [0.4, 0.5) is 0 Å². The summed E-state index contributed by atoms with van der Waals surface area (Å²) < 4.78 is 1.73. The summed E-state index contributed by atoms with van der Waals surface area (Å²) in [6.07, 6.45) is 5.16. The van der Waals surface area contributed by atoms with Crippen molar-refractivity contribution < 1.29 is 5.11 Å². The van der Waals surface area contributed by atoms with Gasteiger partial charge in [-0.15, -0.1) is 0 Å². The molecule has 0 aliphatic heterocycles. The van der Waals surface area contributed by atoms with Gasteiger partial charge in [-0.3, -0.25) is 4.98 Å². The molecular weight excluding hydrogens is 252 g/mol. The molecule has 2 aromatic heterocycles. The molecule has 0 fully saturated rings. The zero-order chi connectivity index (χ0) is 14.8. The van der Waals surface area contributed by atoms with Gasteiger partial charge in [-0.1, -0.05) is 26.8 Å². The molecule has 0 aromatic carbocycles. The molecule has 2 heterocycles. The molecule has 5 nitrogen and oxygen atoms in total. The quantitative estimate of drug-likeness (QED) is 0.928. The summed E-state index contributed by atoms with van der Waals surface area (Å²) in [5.41, 5.74) is 1.84. The van der Waals surface area contributed by atoms with Crippen LogP contribution >= 0.6 is 0 Å². The van der Waals surface area contributed by atoms with Crippen LogP contribution in [-0.2, 0) is 6.42 Å². The third-order valence-corrected chi connectivity index (χ3v) is 3.45. The Morgan fingerprint density at radius 1 is 1.30 bits per heavy atom. The molecule has 2 atom stereocenters. The van der Waals surface area contributed by atoms with Gasteiger partial charge in [0.15, 0.2) is 0 Å². The zero-order valence-electron chi connectivity index (χ0n) is 12.5. The second-order valence-corrected chi connectivity index (χ2v) is 6.27. The highest BCUT2D eigenvalue weighted by Crippen LogP contribution is 2.30. The van der Waals surface area contributed by atoms with Crippen molar-refractivity contribution in [2.24, 2.45) is 5.41 Å². The van der Waals surface area contributed by atoms with E-state index < -0.39 is 6.10 Å². The normalized spacial score (nSPS) is 15.1. The molecule has 1 N–H and O–H groups in total. The van der Waals surface area contributed by atoms with E-state index in [0.29, 0.717) is 6.42 Å². The lowest BCUT2D eigenvalue weighted by Crippen LogP contribution is -2.37. The third-order valence-electron chi connectivity index (χ3n) is 3.45. The maximum atomic E-state index is 10.6. The number of aliphatic hydroxyl groups excluding tert-OH is 1. The number of pyridine rings is 1. The van der Waals surface area contributed by atoms with Crippen molar-refractivity contribution in [3.05, 3.63) is 42.2 Å². The number of aryl methyl sites for hydroxylation is 1. The third kappa shape index (κ3) is 3.42. The summed E-state index contributed by atoms with van der Waals surface area (Å²) in [6, 6.07) is 3.88. The SMILES string of the molecule is Cc1ccc(CC(C(O)C(C)(C)C)n2cncn2)cn1. The summed E-state index contributed by atoms with van der Waals surface area (Å²) in [4.78, 5) is 8.30. The Hall–Kier alpha value is -1.75. The molecule has 2 unspecified atom stereocenters. The van der Waals surface area contributed by atoms with Crippen LogP contribution in [0.1, 0.15) is 38.1 Å². The van der Waals surface area contributed by atoms with Crippen molar-refractivity contribution in [2.75, 3.05) is 0 Å². The van der Waals surface area contributed by atoms with E-state index in [1.54, 1.807) is 11.0 Å². The fourth-order valence-electron chi connectivity index (χ4n) is 2.18. The van der Waals surface area contributed by atoms with Crippen molar-refractivity contribution >= 4 is 0 Å². The van der Waals surface area contributed by atoms with Crippen molar-refractivity contribution in [1.29, 1.82) is 0 Å². The van der Waals surface area contributed by atoms with Crippen LogP contribution in [0.5, 0.6) is 0 Å². The fourth-order valence-corrected chi connectivity index (χ4v) is 2.18. The first-order valence-corrected chi connectivity index (χ1v) is 6.81. The summed E-state index contributed by atoms with van der Waals surface area (Å²) in [5.74, 6) is 0. The van der Waals surface area contributed by atoms with Gasteiger partial charge in [0, 0.05) is 11.9 Å². The molecule has 108 valence electrons. The number of nitrogens with zero attached hydrogens (tertiary/aromatic N) is 4. The van der Waals surface area contributed by atoms with Gasteiger partial charge in [0.2, 0.25) is 0 Å². The highest BCUT2D eigenvalue weighted by atomic mass is 16.3. The molecule has 0 saturated carbocycles. The fraction of sp³-hybridized carbons (Fsp3) is 0.533. The molecule has 0 amide bonds. The number of hydrogen-bond donors (Lipinski definition) is 1. The molecular formula is C15H22N4O. The van der Waals surface area contributed by atoms with E-state index >= 15 is 0 Å². The van der Waals surface area contributed by atoms with Gasteiger partial charge < -0.3 is 5.11 Å². The Kier molecular flexibility index (Phi) is 4.18. The summed E-state index contributed by atoms with van der Waals surface area (Å²) >= 11 is 0. The highest BCUT2D eigenvalue weighted by Gasteiger charge is 2.32. The predicted molar refractivity (Wildman–Crippen MR) is 77.2 cm³/mol. The number of hydrogen-bond acceptors (Lipinski definition) is 4. The molecule has 5 heteroatoms. The predicted octanol–water partition coefficient (Wildman–Crippen LogP) is 2.17. The van der Waals surface area contributed by atoms with Crippen LogP contribution in [0, 0.1) is 12.3 Å². The largest absolute Gasteiger partial charge is 0.390 e. The maximum absolute atomic E-state index is 10.6. The first-order valence-electron chi connectivity index (χ1n) is 6.81. The Balaban J connectivity index is 2.26. The summed E-state index contributed by atoms with van der Waals surface area (Å²) in [7, 11) is 0. The minimum atomic E-state index is -0.523. The average molecular weight is 274 g/mol. The Bertz CT molecular complexity index is 528. The molecule has 0 aliphatic carbocycles. The Morgan fingerprint density at radius 2 is 2.05 bits per heavy atom. The van der Waals surface area contributed by atoms with E-state index in [1.165, 1.54) is 6.33 Å². The first kappa shape index (κ1) is 14.7. The van der Waals surface area contributed by atoms with Crippen LogP contribution in [0.15, 0.2) is 31.0 Å². The molecule has 2 rings (SSSR count). The highest BCUT2D eigenvalue weighted by molar-refractivity contribution is 5.14. The van der Waals surface area contributed by atoms with Gasteiger partial charge in [-0.2, -0.15) is 5.10 Å². The maximum Gasteiger partial charge on any atom is 0.137 e. The van der Waals surface area contributed by atoms with Gasteiger partial charge in [-0.05, 0) is 30.4 Å². The molecule has 0 saturated heterocycles. The van der Waals surface area contributed by atoms with Gasteiger partial charge in [0.25, 0.3) is 0 Å². The Labute approximate surface area is 119 Å². The van der Waals surface area contributed by atoms with E-state index in [-0.39, 0.29) is 11.5 Å². The minimum Gasteiger partial charge on any atom is -0.390 e. The summed E-state index contributed by atoms with van der Waals surface area (Å²) in [5, 5.41) is 14.8. The van der Waals surface area contributed by atoms with Crippen molar-refractivity contribution in [3.8, 4) is 0 Å². The zero-order valence-corrected chi connectivity index (χ0v) is 12.5. The van der Waals surface area contributed by atoms with Crippen LogP contribution in [-0.4, -0.2) is 31.0 Å². The monoisotopic (exact) mass is 274 g/mol. The Morgan fingerprint density at radius 3 is 2.55 bits per heavy atom. The van der Waals surface area contributed by atoms with Gasteiger partial charge >= 0.3 is 0 Å². The van der Waals surface area contributed by atoms with Crippen molar-refractivity contribution in [1.82, 2.24) is 19.7 Å². The molecule has 0 bridgehead atoms. The summed E-state index contributed by atoms with van der Waals surface area (Å²) in [6.45, 7) is 8.03. The number of aliphatic hydroxyl groups is 1. The van der Waals surface area contributed by atoms with Crippen LogP contribution in [0.3, 0.4) is 0 Å². The van der Waals surface area contributed by atoms with E-state index in [4.69, 9.17) is 0 Å². The molecule has 0 spiro atoms. The van der Waals surface area contributed by atoms with Gasteiger partial charge in [-0.25, -0.2) is 9.67 Å². The van der Waals surface area contributed by atoms with E-state index in [9.17, 15) is 5.11 Å². The standard InChI is InChI=1S/C15H22N4O/c1-11-5-6-12(8-17-11)7-13(14(20)15(2,3)4)19-10-16-9-18-19/h5-6,8-10,13-14,20H,7H2,1-4H3. The van der Waals surface area contributed by atoms with Crippen molar-refractivity contribution in [3.63, 3.8) is 0 Å². The van der Waals surface area contributed by atoms with Crippen LogP contribution in [0.2, 0.25) is 0 Å². The van der Waals surface area contributed by atoms with Crippen molar-refractivity contribution in [2.45, 2.75) is 46.3 Å². The molecule has 0 radical (unpaired) electrons. The molecule has 2 aromatic rings. The van der Waals surface area contributed by atoms with E-state index in [1.807, 2.05) is 46.0 Å². The molecule has 20 heavy (non-hydrogen) atoms. The number of rotatable bonds is 4. The minimum absolute atomic E-state index is 0.151. The van der Waals surface area contributed by atoms with Crippen LogP contribution in [0.25, 0.3) is 0 Å². The first-order chi connectivity index (χ1) is 9.38. The van der Waals surface area contributed by atoms with Gasteiger partial charge in [0.1, 0.15) is 12.7 Å². The average Bonchev–Trinajstić information content (AvgIpc) is 2.90. The van der Waals surface area contributed by atoms with E-state index in [2.05, 4.69) is 15.1 Å².